The predicted octanol–water partition coefficient (Wildman–Crippen LogP) is 5.34. The summed E-state index contributed by atoms with van der Waals surface area (Å²) < 4.78 is 0. The number of nitrogens with one attached hydrogen (secondary N) is 1. The van der Waals surface area contributed by atoms with Crippen LogP contribution in [0.5, 0.6) is 0 Å². The summed E-state index contributed by atoms with van der Waals surface area (Å²) in [6, 6.07) is 18.0. The van der Waals surface area contributed by atoms with Gasteiger partial charge in [0.25, 0.3) is 0 Å². The predicted molar refractivity (Wildman–Crippen MR) is 121 cm³/mol. The third-order valence-electron chi connectivity index (χ3n) is 4.84. The fraction of sp³-hybridized carbons (Fsp3) is 0.286. The standard InChI is InChI=1S/C21H21ClN4OS2/c22-16-5-4-6-17(13-16)26-11-9-15(10-12-26)20(27)23-21-25-24-19(29-21)14-28-18-7-2-1-3-8-18/h1-8,13,15H,9-12,14H2,(H,23,25,27). The number of benzene rings is 2. The molecule has 0 aliphatic carbocycles. The lowest BCUT2D eigenvalue weighted by atomic mass is 9.95. The monoisotopic (exact) mass is 444 g/mol. The van der Waals surface area contributed by atoms with Crippen molar-refractivity contribution in [1.29, 1.82) is 0 Å². The average molecular weight is 445 g/mol. The molecule has 1 aromatic heterocycles. The van der Waals surface area contributed by atoms with Crippen LogP contribution in [0.1, 0.15) is 17.8 Å². The van der Waals surface area contributed by atoms with Crippen LogP contribution in [-0.4, -0.2) is 29.2 Å². The van der Waals surface area contributed by atoms with Gasteiger partial charge in [-0.1, -0.05) is 47.2 Å². The van der Waals surface area contributed by atoms with Gasteiger partial charge in [-0.15, -0.1) is 22.0 Å². The van der Waals surface area contributed by atoms with Crippen molar-refractivity contribution in [3.63, 3.8) is 0 Å². The molecule has 1 aliphatic rings. The molecule has 4 rings (SSSR count). The summed E-state index contributed by atoms with van der Waals surface area (Å²) in [4.78, 5) is 16.1. The molecular weight excluding hydrogens is 424 g/mol. The maximum atomic E-state index is 12.6. The van der Waals surface area contributed by atoms with E-state index in [2.05, 4.69) is 38.6 Å². The van der Waals surface area contributed by atoms with Gasteiger partial charge in [0, 0.05) is 34.6 Å². The average Bonchev–Trinajstić information content (AvgIpc) is 3.20. The zero-order valence-corrected chi connectivity index (χ0v) is 18.1. The van der Waals surface area contributed by atoms with Crippen molar-refractivity contribution in [2.75, 3.05) is 23.3 Å². The van der Waals surface area contributed by atoms with E-state index in [4.69, 9.17) is 11.6 Å². The van der Waals surface area contributed by atoms with Crippen molar-refractivity contribution in [3.05, 3.63) is 64.6 Å². The summed E-state index contributed by atoms with van der Waals surface area (Å²) in [6.07, 6.45) is 1.63. The van der Waals surface area contributed by atoms with Crippen LogP contribution in [0, 0.1) is 5.92 Å². The lowest BCUT2D eigenvalue weighted by Gasteiger charge is -2.32. The normalized spacial score (nSPS) is 14.7. The SMILES string of the molecule is O=C(Nc1nnc(CSc2ccccc2)s1)C1CCN(c2cccc(Cl)c2)CC1. The van der Waals surface area contributed by atoms with Crippen LogP contribution in [0.25, 0.3) is 0 Å². The van der Waals surface area contributed by atoms with Crippen LogP contribution in [0.3, 0.4) is 0 Å². The molecule has 0 unspecified atom stereocenters. The third kappa shape index (κ3) is 5.50. The van der Waals surface area contributed by atoms with Crippen LogP contribution >= 0.6 is 34.7 Å². The first kappa shape index (κ1) is 20.2. The minimum atomic E-state index is -0.00326. The largest absolute Gasteiger partial charge is 0.371 e. The number of anilines is 2. The minimum Gasteiger partial charge on any atom is -0.371 e. The second-order valence-electron chi connectivity index (χ2n) is 6.83. The number of hydrogen-bond donors (Lipinski definition) is 1. The van der Waals surface area contributed by atoms with E-state index in [1.54, 1.807) is 11.8 Å². The highest BCUT2D eigenvalue weighted by atomic mass is 35.5. The van der Waals surface area contributed by atoms with Gasteiger partial charge in [-0.05, 0) is 43.2 Å². The van der Waals surface area contributed by atoms with E-state index in [1.807, 2.05) is 36.4 Å². The number of amides is 1. The van der Waals surface area contributed by atoms with Crippen molar-refractivity contribution >= 4 is 51.4 Å². The first-order valence-corrected chi connectivity index (χ1v) is 11.7. The van der Waals surface area contributed by atoms with Crippen LogP contribution in [0.4, 0.5) is 10.8 Å². The van der Waals surface area contributed by atoms with Crippen LogP contribution < -0.4 is 10.2 Å². The molecule has 2 heterocycles. The third-order valence-corrected chi connectivity index (χ3v) is 7.12. The molecule has 150 valence electrons. The number of thioether (sulfide) groups is 1. The fourth-order valence-corrected chi connectivity index (χ4v) is 5.14. The summed E-state index contributed by atoms with van der Waals surface area (Å²) in [5.74, 6) is 0.779. The van der Waals surface area contributed by atoms with Crippen molar-refractivity contribution in [2.45, 2.75) is 23.5 Å². The molecule has 0 bridgehead atoms. The maximum absolute atomic E-state index is 12.6. The van der Waals surface area contributed by atoms with Gasteiger partial charge in [0.05, 0.1) is 5.75 Å². The molecule has 8 heteroatoms. The Morgan fingerprint density at radius 1 is 1.14 bits per heavy atom. The number of carbonyl (C=O) groups excluding carboxylic acids is 1. The highest BCUT2D eigenvalue weighted by Gasteiger charge is 2.26. The molecule has 1 saturated heterocycles. The highest BCUT2D eigenvalue weighted by molar-refractivity contribution is 7.98. The van der Waals surface area contributed by atoms with E-state index >= 15 is 0 Å². The van der Waals surface area contributed by atoms with Crippen LogP contribution in [0.15, 0.2) is 59.5 Å². The number of aromatic nitrogens is 2. The van der Waals surface area contributed by atoms with E-state index in [0.29, 0.717) is 5.13 Å². The second-order valence-corrected chi connectivity index (χ2v) is 9.38. The number of carbonyl (C=O) groups is 1. The molecule has 3 aromatic rings. The molecule has 0 spiro atoms. The number of halogens is 1. The number of piperidine rings is 1. The molecule has 2 aromatic carbocycles. The number of hydrogen-bond acceptors (Lipinski definition) is 6. The van der Waals surface area contributed by atoms with E-state index < -0.39 is 0 Å². The quantitative estimate of drug-likeness (QED) is 0.520. The zero-order chi connectivity index (χ0) is 20.1. The van der Waals surface area contributed by atoms with Crippen LogP contribution in [0.2, 0.25) is 5.02 Å². The Balaban J connectivity index is 1.26. The molecule has 1 amide bonds. The first-order valence-electron chi connectivity index (χ1n) is 9.49. The Hall–Kier alpha value is -2.09. The smallest absolute Gasteiger partial charge is 0.229 e. The van der Waals surface area contributed by atoms with E-state index in [-0.39, 0.29) is 11.8 Å². The minimum absolute atomic E-state index is 0.00326. The molecule has 1 fully saturated rings. The summed E-state index contributed by atoms with van der Waals surface area (Å²) in [6.45, 7) is 1.68. The van der Waals surface area contributed by atoms with Gasteiger partial charge >= 0.3 is 0 Å². The summed E-state index contributed by atoms with van der Waals surface area (Å²) in [7, 11) is 0. The molecule has 29 heavy (non-hydrogen) atoms. The van der Waals surface area contributed by atoms with Gasteiger partial charge in [-0.3, -0.25) is 4.79 Å². The Kier molecular flexibility index (Phi) is 6.69. The van der Waals surface area contributed by atoms with Gasteiger partial charge < -0.3 is 10.2 Å². The van der Waals surface area contributed by atoms with E-state index in [9.17, 15) is 4.79 Å². The highest BCUT2D eigenvalue weighted by Crippen LogP contribution is 2.28. The molecule has 0 radical (unpaired) electrons. The molecule has 0 saturated carbocycles. The molecule has 1 N–H and O–H groups in total. The number of rotatable bonds is 6. The Bertz CT molecular complexity index is 958. The van der Waals surface area contributed by atoms with E-state index in [1.165, 1.54) is 16.2 Å². The Morgan fingerprint density at radius 2 is 1.93 bits per heavy atom. The fourth-order valence-electron chi connectivity index (χ4n) is 3.30. The number of nitrogens with zero attached hydrogens (tertiary/aromatic N) is 3. The summed E-state index contributed by atoms with van der Waals surface area (Å²) >= 11 is 9.25. The van der Waals surface area contributed by atoms with Crippen LogP contribution in [-0.2, 0) is 10.5 Å². The lowest BCUT2D eigenvalue weighted by Crippen LogP contribution is -2.38. The summed E-state index contributed by atoms with van der Waals surface area (Å²) in [5, 5.41) is 13.5. The molecule has 5 nitrogen and oxygen atoms in total. The molecule has 1 aliphatic heterocycles. The Labute approximate surface area is 183 Å². The first-order chi connectivity index (χ1) is 14.2. The van der Waals surface area contributed by atoms with Gasteiger partial charge in [0.15, 0.2) is 0 Å². The lowest BCUT2D eigenvalue weighted by molar-refractivity contribution is -0.120. The van der Waals surface area contributed by atoms with Crippen molar-refractivity contribution in [3.8, 4) is 0 Å². The zero-order valence-electron chi connectivity index (χ0n) is 15.8. The van der Waals surface area contributed by atoms with Gasteiger partial charge in [0.1, 0.15) is 5.01 Å². The van der Waals surface area contributed by atoms with Crippen molar-refractivity contribution in [2.24, 2.45) is 5.92 Å². The Morgan fingerprint density at radius 3 is 2.69 bits per heavy atom. The second kappa shape index (κ2) is 9.61. The van der Waals surface area contributed by atoms with Gasteiger partial charge in [-0.25, -0.2) is 0 Å². The van der Waals surface area contributed by atoms with Gasteiger partial charge in [0.2, 0.25) is 11.0 Å². The molecule has 0 atom stereocenters. The van der Waals surface area contributed by atoms with Gasteiger partial charge in [-0.2, -0.15) is 0 Å². The van der Waals surface area contributed by atoms with E-state index in [0.717, 1.165) is 47.4 Å². The topological polar surface area (TPSA) is 58.1 Å². The van der Waals surface area contributed by atoms with Crippen molar-refractivity contribution in [1.82, 2.24) is 10.2 Å². The molecular formula is C21H21ClN4OS2. The summed E-state index contributed by atoms with van der Waals surface area (Å²) in [5.41, 5.74) is 1.11. The van der Waals surface area contributed by atoms with Crippen molar-refractivity contribution < 1.29 is 4.79 Å². The maximum Gasteiger partial charge on any atom is 0.229 e.